The van der Waals surface area contributed by atoms with Crippen LogP contribution in [-0.2, 0) is 6.54 Å². The number of nitrogens with zero attached hydrogens (tertiary/aromatic N) is 1. The second kappa shape index (κ2) is 5.75. The Balaban J connectivity index is 1.72. The van der Waals surface area contributed by atoms with Crippen LogP contribution in [0.3, 0.4) is 0 Å². The summed E-state index contributed by atoms with van der Waals surface area (Å²) in [4.78, 5) is 4.12. The SMILES string of the molecule is OC1CCC(CNCc2cncc(Br)c2)C1. The molecule has 1 aliphatic carbocycles. The van der Waals surface area contributed by atoms with Crippen molar-refractivity contribution < 1.29 is 5.11 Å². The van der Waals surface area contributed by atoms with Crippen molar-refractivity contribution >= 4 is 15.9 Å². The molecule has 0 aliphatic heterocycles. The van der Waals surface area contributed by atoms with E-state index in [1.54, 1.807) is 6.20 Å². The van der Waals surface area contributed by atoms with Gasteiger partial charge in [-0.15, -0.1) is 0 Å². The molecule has 0 amide bonds. The second-order valence-corrected chi connectivity index (χ2v) is 5.39. The zero-order valence-corrected chi connectivity index (χ0v) is 10.8. The highest BCUT2D eigenvalue weighted by Gasteiger charge is 2.21. The van der Waals surface area contributed by atoms with Crippen molar-refractivity contribution in [3.8, 4) is 0 Å². The van der Waals surface area contributed by atoms with Gasteiger partial charge in [0.05, 0.1) is 6.10 Å². The number of pyridine rings is 1. The fraction of sp³-hybridized carbons (Fsp3) is 0.583. The lowest BCUT2D eigenvalue weighted by Crippen LogP contribution is -2.21. The molecule has 4 heteroatoms. The molecule has 2 atom stereocenters. The van der Waals surface area contributed by atoms with E-state index >= 15 is 0 Å². The smallest absolute Gasteiger partial charge is 0.0543 e. The molecule has 3 nitrogen and oxygen atoms in total. The molecule has 0 bridgehead atoms. The molecule has 1 aliphatic rings. The van der Waals surface area contributed by atoms with Gasteiger partial charge < -0.3 is 10.4 Å². The first-order valence-electron chi connectivity index (χ1n) is 5.72. The van der Waals surface area contributed by atoms with Crippen LogP contribution in [-0.4, -0.2) is 22.7 Å². The maximum absolute atomic E-state index is 9.41. The highest BCUT2D eigenvalue weighted by Crippen LogP contribution is 2.24. The summed E-state index contributed by atoms with van der Waals surface area (Å²) in [6, 6.07) is 2.07. The van der Waals surface area contributed by atoms with E-state index in [2.05, 4.69) is 32.3 Å². The highest BCUT2D eigenvalue weighted by molar-refractivity contribution is 9.10. The normalized spacial score (nSPS) is 24.9. The van der Waals surface area contributed by atoms with Crippen molar-refractivity contribution in [1.82, 2.24) is 10.3 Å². The largest absolute Gasteiger partial charge is 0.393 e. The van der Waals surface area contributed by atoms with Gasteiger partial charge in [-0.2, -0.15) is 0 Å². The predicted octanol–water partition coefficient (Wildman–Crippen LogP) is 2.09. The summed E-state index contributed by atoms with van der Waals surface area (Å²) < 4.78 is 1.02. The topological polar surface area (TPSA) is 45.1 Å². The molecule has 0 aromatic carbocycles. The molecule has 1 aromatic rings. The Labute approximate surface area is 104 Å². The van der Waals surface area contributed by atoms with Crippen LogP contribution in [0, 0.1) is 5.92 Å². The number of aliphatic hydroxyl groups is 1. The second-order valence-electron chi connectivity index (χ2n) is 4.48. The molecule has 1 saturated carbocycles. The molecule has 0 saturated heterocycles. The molecular formula is C12H17BrN2O. The first-order valence-corrected chi connectivity index (χ1v) is 6.51. The Morgan fingerprint density at radius 3 is 3.00 bits per heavy atom. The summed E-state index contributed by atoms with van der Waals surface area (Å²) in [5.74, 6) is 0.634. The summed E-state index contributed by atoms with van der Waals surface area (Å²) in [7, 11) is 0. The Kier molecular flexibility index (Phi) is 4.32. The summed E-state index contributed by atoms with van der Waals surface area (Å²) in [5, 5.41) is 12.8. The van der Waals surface area contributed by atoms with Crippen molar-refractivity contribution in [2.45, 2.75) is 31.9 Å². The zero-order chi connectivity index (χ0) is 11.4. The predicted molar refractivity (Wildman–Crippen MR) is 67.0 cm³/mol. The van der Waals surface area contributed by atoms with Crippen LogP contribution in [0.15, 0.2) is 22.9 Å². The number of rotatable bonds is 4. The summed E-state index contributed by atoms with van der Waals surface area (Å²) >= 11 is 3.40. The minimum atomic E-state index is -0.0701. The molecule has 1 heterocycles. The highest BCUT2D eigenvalue weighted by atomic mass is 79.9. The van der Waals surface area contributed by atoms with Gasteiger partial charge >= 0.3 is 0 Å². The third-order valence-electron chi connectivity index (χ3n) is 3.04. The average molecular weight is 285 g/mol. The van der Waals surface area contributed by atoms with Gasteiger partial charge in [0.2, 0.25) is 0 Å². The molecule has 2 rings (SSSR count). The lowest BCUT2D eigenvalue weighted by atomic mass is 10.1. The molecule has 0 radical (unpaired) electrons. The van der Waals surface area contributed by atoms with Crippen LogP contribution in [0.4, 0.5) is 0 Å². The number of hydrogen-bond acceptors (Lipinski definition) is 3. The van der Waals surface area contributed by atoms with Gasteiger partial charge in [0, 0.05) is 23.4 Å². The number of hydrogen-bond donors (Lipinski definition) is 2. The van der Waals surface area contributed by atoms with Gasteiger partial charge in [-0.25, -0.2) is 0 Å². The molecule has 2 N–H and O–H groups in total. The van der Waals surface area contributed by atoms with Crippen molar-refractivity contribution in [2.75, 3.05) is 6.54 Å². The first-order chi connectivity index (χ1) is 7.74. The van der Waals surface area contributed by atoms with E-state index in [4.69, 9.17) is 0 Å². The Bertz CT molecular complexity index is 346. The monoisotopic (exact) mass is 284 g/mol. The fourth-order valence-corrected chi connectivity index (χ4v) is 2.62. The van der Waals surface area contributed by atoms with E-state index < -0.39 is 0 Å². The molecule has 1 fully saturated rings. The minimum absolute atomic E-state index is 0.0701. The van der Waals surface area contributed by atoms with Crippen molar-refractivity contribution in [3.05, 3.63) is 28.5 Å². The van der Waals surface area contributed by atoms with Gasteiger partial charge in [0.1, 0.15) is 0 Å². The standard InChI is InChI=1S/C12H17BrN2O/c13-11-3-10(7-15-8-11)6-14-5-9-1-2-12(16)4-9/h3,7-9,12,14,16H,1-2,4-6H2. The maximum Gasteiger partial charge on any atom is 0.0543 e. The summed E-state index contributed by atoms with van der Waals surface area (Å²) in [5.41, 5.74) is 1.19. The van der Waals surface area contributed by atoms with Gasteiger partial charge in [0.15, 0.2) is 0 Å². The average Bonchev–Trinajstić information content (AvgIpc) is 2.64. The minimum Gasteiger partial charge on any atom is -0.393 e. The summed E-state index contributed by atoms with van der Waals surface area (Å²) in [6.45, 7) is 1.84. The number of aromatic nitrogens is 1. The fourth-order valence-electron chi connectivity index (χ4n) is 2.21. The number of nitrogens with one attached hydrogen (secondary N) is 1. The van der Waals surface area contributed by atoms with Crippen LogP contribution in [0.2, 0.25) is 0 Å². The van der Waals surface area contributed by atoms with Crippen LogP contribution in [0.1, 0.15) is 24.8 Å². The van der Waals surface area contributed by atoms with Crippen LogP contribution in [0.5, 0.6) is 0 Å². The molecule has 1 aromatic heterocycles. The summed E-state index contributed by atoms with van der Waals surface area (Å²) in [6.07, 6.45) is 6.65. The van der Waals surface area contributed by atoms with Crippen molar-refractivity contribution in [1.29, 1.82) is 0 Å². The van der Waals surface area contributed by atoms with Gasteiger partial charge in [0.25, 0.3) is 0 Å². The van der Waals surface area contributed by atoms with E-state index in [9.17, 15) is 5.11 Å². The van der Waals surface area contributed by atoms with E-state index in [-0.39, 0.29) is 6.10 Å². The quantitative estimate of drug-likeness (QED) is 0.890. The van der Waals surface area contributed by atoms with Crippen LogP contribution >= 0.6 is 15.9 Å². The molecule has 16 heavy (non-hydrogen) atoms. The third kappa shape index (κ3) is 3.54. The molecule has 0 spiro atoms. The third-order valence-corrected chi connectivity index (χ3v) is 3.47. The molecule has 88 valence electrons. The lowest BCUT2D eigenvalue weighted by molar-refractivity contribution is 0.177. The van der Waals surface area contributed by atoms with Crippen molar-refractivity contribution in [2.24, 2.45) is 5.92 Å². The van der Waals surface area contributed by atoms with Gasteiger partial charge in [-0.1, -0.05) is 0 Å². The lowest BCUT2D eigenvalue weighted by Gasteiger charge is -2.10. The maximum atomic E-state index is 9.41. The van der Waals surface area contributed by atoms with E-state index in [0.29, 0.717) is 5.92 Å². The first kappa shape index (κ1) is 12.0. The zero-order valence-electron chi connectivity index (χ0n) is 9.19. The molecular weight excluding hydrogens is 268 g/mol. The van der Waals surface area contributed by atoms with Gasteiger partial charge in [-0.05, 0) is 59.3 Å². The van der Waals surface area contributed by atoms with E-state index in [0.717, 1.165) is 36.8 Å². The van der Waals surface area contributed by atoms with Crippen molar-refractivity contribution in [3.63, 3.8) is 0 Å². The Morgan fingerprint density at radius 1 is 1.44 bits per heavy atom. The van der Waals surface area contributed by atoms with E-state index in [1.165, 1.54) is 5.56 Å². The van der Waals surface area contributed by atoms with Crippen LogP contribution in [0.25, 0.3) is 0 Å². The number of halogens is 1. The van der Waals surface area contributed by atoms with E-state index in [1.807, 2.05) is 6.20 Å². The van der Waals surface area contributed by atoms with Crippen LogP contribution < -0.4 is 5.32 Å². The van der Waals surface area contributed by atoms with Gasteiger partial charge in [-0.3, -0.25) is 4.98 Å². The Hall–Kier alpha value is -0.450. The molecule has 2 unspecified atom stereocenters. The Morgan fingerprint density at radius 2 is 2.31 bits per heavy atom. The number of aliphatic hydroxyl groups excluding tert-OH is 1.